The number of nitrogens with zero attached hydrogens (tertiary/aromatic N) is 1. The molecule has 0 bridgehead atoms. The summed E-state index contributed by atoms with van der Waals surface area (Å²) in [4.78, 5) is 17.3. The molecule has 1 aromatic carbocycles. The number of allylic oxidation sites excluding steroid dienone is 2. The number of carbonyl (C=O) groups is 1. The lowest BCUT2D eigenvalue weighted by molar-refractivity contribution is -0.117. The van der Waals surface area contributed by atoms with Gasteiger partial charge in [0.25, 0.3) is 5.92 Å². The maximum absolute atomic E-state index is 15.1. The number of rotatable bonds is 13. The van der Waals surface area contributed by atoms with Gasteiger partial charge in [0.05, 0.1) is 11.7 Å². The first-order chi connectivity index (χ1) is 21.3. The van der Waals surface area contributed by atoms with Gasteiger partial charge in [0, 0.05) is 39.6 Å². The van der Waals surface area contributed by atoms with Gasteiger partial charge in [-0.1, -0.05) is 59.4 Å². The van der Waals surface area contributed by atoms with E-state index in [0.29, 0.717) is 41.9 Å². The molecule has 1 fully saturated rings. The molecule has 0 aliphatic heterocycles. The van der Waals surface area contributed by atoms with Crippen molar-refractivity contribution < 1.29 is 29.6 Å². The molecule has 2 heterocycles. The highest BCUT2D eigenvalue weighted by atomic mass is 19.3. The topological polar surface area (TPSA) is 55.1 Å². The van der Waals surface area contributed by atoms with Crippen LogP contribution in [0, 0.1) is 12.7 Å². The Hall–Kier alpha value is -3.68. The van der Waals surface area contributed by atoms with E-state index in [1.807, 2.05) is 47.6 Å². The van der Waals surface area contributed by atoms with E-state index in [1.54, 1.807) is 24.3 Å². The van der Waals surface area contributed by atoms with E-state index in [0.717, 1.165) is 23.8 Å². The molecule has 1 N–H and O–H groups in total. The monoisotopic (exact) mass is 632 g/mol. The second-order valence-corrected chi connectivity index (χ2v) is 11.0. The van der Waals surface area contributed by atoms with Crippen molar-refractivity contribution in [2.24, 2.45) is 0 Å². The van der Waals surface area contributed by atoms with Crippen molar-refractivity contribution in [1.29, 1.82) is 0 Å². The number of hydrogen-bond donors (Lipinski definition) is 1. The van der Waals surface area contributed by atoms with E-state index >= 15 is 4.39 Å². The second kappa shape index (κ2) is 16.6. The summed E-state index contributed by atoms with van der Waals surface area (Å²) in [6.07, 6.45) is 3.62. The molecule has 45 heavy (non-hydrogen) atoms. The Morgan fingerprint density at radius 2 is 1.82 bits per heavy atom. The molecule has 0 amide bonds. The van der Waals surface area contributed by atoms with Gasteiger partial charge in [0.1, 0.15) is 29.4 Å². The number of alkyl halides is 3. The molecule has 0 radical (unpaired) electrons. The Balaban J connectivity index is 0.00000339. The number of pyridine rings is 1. The van der Waals surface area contributed by atoms with Crippen molar-refractivity contribution in [3.05, 3.63) is 95.0 Å². The number of ketones is 1. The normalized spacial score (nSPS) is 14.4. The van der Waals surface area contributed by atoms with Crippen molar-refractivity contribution in [2.75, 3.05) is 5.32 Å². The van der Waals surface area contributed by atoms with Crippen molar-refractivity contribution in [2.45, 2.75) is 111 Å². The lowest BCUT2D eigenvalue weighted by Crippen LogP contribution is -2.29. The Morgan fingerprint density at radius 3 is 2.36 bits per heavy atom. The third kappa shape index (κ3) is 9.65. The fourth-order valence-corrected chi connectivity index (χ4v) is 4.93. The van der Waals surface area contributed by atoms with Crippen molar-refractivity contribution >= 4 is 11.6 Å². The first-order valence-electron chi connectivity index (χ1n) is 15.9. The van der Waals surface area contributed by atoms with Crippen LogP contribution in [-0.4, -0.2) is 22.9 Å². The molecule has 1 aliphatic rings. The average molecular weight is 633 g/mol. The summed E-state index contributed by atoms with van der Waals surface area (Å²) in [5.74, 6) is -2.90. The zero-order valence-corrected chi connectivity index (χ0v) is 27.9. The fourth-order valence-electron chi connectivity index (χ4n) is 4.93. The zero-order valence-electron chi connectivity index (χ0n) is 27.9. The van der Waals surface area contributed by atoms with Crippen molar-refractivity contribution in [3.8, 4) is 11.1 Å². The first-order valence-corrected chi connectivity index (χ1v) is 15.9. The second-order valence-electron chi connectivity index (χ2n) is 11.0. The first kappa shape index (κ1) is 37.5. The predicted octanol–water partition coefficient (Wildman–Crippen LogP) is 11.4. The van der Waals surface area contributed by atoms with E-state index in [9.17, 15) is 18.0 Å². The smallest absolute Gasteiger partial charge is 0.257 e. The molecule has 1 unspecified atom stereocenters. The Morgan fingerprint density at radius 1 is 1.16 bits per heavy atom. The van der Waals surface area contributed by atoms with E-state index in [2.05, 4.69) is 16.9 Å². The van der Waals surface area contributed by atoms with Crippen LogP contribution < -0.4 is 5.32 Å². The number of benzene rings is 1. The summed E-state index contributed by atoms with van der Waals surface area (Å²) in [6, 6.07) is 9.82. The van der Waals surface area contributed by atoms with Crippen LogP contribution >= 0.6 is 0 Å². The van der Waals surface area contributed by atoms with Crippen LogP contribution in [0.15, 0.2) is 71.0 Å². The van der Waals surface area contributed by atoms with Crippen LogP contribution in [0.2, 0.25) is 0 Å². The molecule has 8 heteroatoms. The van der Waals surface area contributed by atoms with Crippen LogP contribution in [0.5, 0.6) is 0 Å². The van der Waals surface area contributed by atoms with Crippen LogP contribution in [0.3, 0.4) is 0 Å². The molecule has 1 atom stereocenters. The minimum Gasteiger partial charge on any atom is -0.468 e. The number of halogens is 4. The van der Waals surface area contributed by atoms with Gasteiger partial charge in [0.15, 0.2) is 0 Å². The third-order valence-electron chi connectivity index (χ3n) is 7.67. The maximum atomic E-state index is 15.1. The van der Waals surface area contributed by atoms with Gasteiger partial charge in [-0.05, 0) is 86.1 Å². The highest BCUT2D eigenvalue weighted by Gasteiger charge is 2.62. The summed E-state index contributed by atoms with van der Waals surface area (Å²) in [6.45, 7) is 18.2. The molecule has 2 aromatic heterocycles. The number of carbonyl (C=O) groups excluding carboxylic acids is 1. The summed E-state index contributed by atoms with van der Waals surface area (Å²) in [5.41, 5.74) is 3.05. The number of nitrogens with one attached hydrogen (secondary N) is 1. The number of hydrogen-bond acceptors (Lipinski definition) is 4. The van der Waals surface area contributed by atoms with E-state index < -0.39 is 23.3 Å². The van der Waals surface area contributed by atoms with Crippen LogP contribution in [-0.2, 0) is 23.1 Å². The molecule has 1 saturated carbocycles. The molecule has 1 aliphatic carbocycles. The minimum absolute atomic E-state index is 0. The largest absolute Gasteiger partial charge is 0.468 e. The summed E-state index contributed by atoms with van der Waals surface area (Å²) in [7, 11) is 0. The van der Waals surface area contributed by atoms with Crippen molar-refractivity contribution in [1.82, 2.24) is 4.98 Å². The lowest BCUT2D eigenvalue weighted by Gasteiger charge is -2.20. The highest BCUT2D eigenvalue weighted by molar-refractivity contribution is 5.83. The van der Waals surface area contributed by atoms with Crippen LogP contribution in [0.4, 0.5) is 23.4 Å². The number of furan rings is 1. The molecular weight excluding hydrogens is 580 g/mol. The molecule has 3 aromatic rings. The van der Waals surface area contributed by atoms with E-state index in [-0.39, 0.29) is 39.2 Å². The quantitative estimate of drug-likeness (QED) is 0.150. The van der Waals surface area contributed by atoms with Gasteiger partial charge in [-0.3, -0.25) is 4.79 Å². The fraction of sp³-hybridized carbons (Fsp3) is 0.459. The molecule has 0 saturated heterocycles. The maximum Gasteiger partial charge on any atom is 0.257 e. The van der Waals surface area contributed by atoms with Gasteiger partial charge in [-0.15, -0.1) is 0 Å². The third-order valence-corrected chi connectivity index (χ3v) is 7.67. The standard InChI is InChI=1S/C33H36F4N2O2.2C2H6.2H2/c1-6-20(2)29(11-7-21(3)34)39-31-12-10-27(22(4)38-31)24-8-9-25(28(35)18-24)17-26(40)15-23-16-30(41-19-23)33(13-14-33)32(5,36)37;2*1-2;;/h8-12,16,18-19,21H,2,6-7,13-15,17H2,1,3-5H3,(H,38,39);2*1-2H3;2*1H/b29-11+;;;;. The van der Waals surface area contributed by atoms with Gasteiger partial charge in [0.2, 0.25) is 0 Å². The van der Waals surface area contributed by atoms with Gasteiger partial charge in [-0.25, -0.2) is 22.5 Å². The van der Waals surface area contributed by atoms with E-state index in [1.165, 1.54) is 25.3 Å². The Kier molecular flexibility index (Phi) is 13.8. The number of anilines is 1. The van der Waals surface area contributed by atoms with Gasteiger partial charge >= 0.3 is 0 Å². The average Bonchev–Trinajstić information content (AvgIpc) is 3.71. The summed E-state index contributed by atoms with van der Waals surface area (Å²) in [5, 5.41) is 3.22. The molecule has 0 spiro atoms. The number of Topliss-reactive ketones (excluding diaryl/α,β-unsaturated/α-hetero) is 1. The number of aryl methyl sites for hydroxylation is 1. The van der Waals surface area contributed by atoms with E-state index in [4.69, 9.17) is 4.42 Å². The highest BCUT2D eigenvalue weighted by Crippen LogP contribution is 2.58. The lowest BCUT2D eigenvalue weighted by atomic mass is 9.95. The Bertz CT molecular complexity index is 1480. The van der Waals surface area contributed by atoms with Gasteiger partial charge < -0.3 is 9.73 Å². The number of aromatic nitrogens is 1. The molecule has 250 valence electrons. The van der Waals surface area contributed by atoms with Crippen LogP contribution in [0.1, 0.15) is 99.6 Å². The minimum atomic E-state index is -2.90. The summed E-state index contributed by atoms with van der Waals surface area (Å²) >= 11 is 0. The summed E-state index contributed by atoms with van der Waals surface area (Å²) < 4.78 is 61.9. The Labute approximate surface area is 269 Å². The molecular formula is C37H52F4N2O2. The van der Waals surface area contributed by atoms with Crippen molar-refractivity contribution in [3.63, 3.8) is 0 Å². The van der Waals surface area contributed by atoms with Crippen LogP contribution in [0.25, 0.3) is 11.1 Å². The zero-order chi connectivity index (χ0) is 33.9. The SMILES string of the molecule is C=C(CC)/C(=C\CC(C)F)Nc1ccc(-c2ccc(CC(=O)Cc3coc(C4(C(C)(F)F)CC4)c3)c(F)c2)c(C)n1.CC.CC.[HH].[HH]. The van der Waals surface area contributed by atoms with Gasteiger partial charge in [-0.2, -0.15) is 0 Å². The molecule has 4 rings (SSSR count). The molecule has 4 nitrogen and oxygen atoms in total. The predicted molar refractivity (Wildman–Crippen MR) is 180 cm³/mol.